The average molecular weight is 250 g/mol. The first-order chi connectivity index (χ1) is 7.79. The van der Waals surface area contributed by atoms with Gasteiger partial charge in [0.1, 0.15) is 0 Å². The molecule has 0 aliphatic carbocycles. The highest BCUT2D eigenvalue weighted by Gasteiger charge is 2.01. The Morgan fingerprint density at radius 3 is 2.88 bits per heavy atom. The van der Waals surface area contributed by atoms with Gasteiger partial charge in [0.2, 0.25) is 0 Å². The molecule has 4 heteroatoms. The van der Waals surface area contributed by atoms with Gasteiger partial charge in [0.05, 0.1) is 11.6 Å². The number of benzene rings is 1. The maximum Gasteiger partial charge on any atom is 0.0897 e. The van der Waals surface area contributed by atoms with Crippen LogP contribution in [0.3, 0.4) is 0 Å². The summed E-state index contributed by atoms with van der Waals surface area (Å²) in [5, 5.41) is 4.56. The van der Waals surface area contributed by atoms with Crippen molar-refractivity contribution in [2.75, 3.05) is 11.6 Å². The van der Waals surface area contributed by atoms with Crippen LogP contribution in [0, 0.1) is 6.92 Å². The molecule has 0 fully saturated rings. The summed E-state index contributed by atoms with van der Waals surface area (Å²) < 4.78 is 0. The van der Waals surface area contributed by atoms with E-state index >= 15 is 0 Å². The Labute approximate surface area is 104 Å². The zero-order valence-electron chi connectivity index (χ0n) is 9.36. The second-order valence-corrected chi connectivity index (χ2v) is 5.57. The van der Waals surface area contributed by atoms with Gasteiger partial charge in [-0.1, -0.05) is 12.1 Å². The lowest BCUT2D eigenvalue weighted by Gasteiger charge is -2.08. The smallest absolute Gasteiger partial charge is 0.0897 e. The molecule has 0 saturated carbocycles. The molecule has 1 aromatic carbocycles. The molecule has 1 heterocycles. The van der Waals surface area contributed by atoms with Gasteiger partial charge in [0, 0.05) is 21.7 Å². The quantitative estimate of drug-likeness (QED) is 0.836. The van der Waals surface area contributed by atoms with Crippen LogP contribution in [0.25, 0.3) is 0 Å². The molecule has 0 atom stereocenters. The van der Waals surface area contributed by atoms with Crippen molar-refractivity contribution < 1.29 is 0 Å². The van der Waals surface area contributed by atoms with E-state index in [9.17, 15) is 0 Å². The maximum atomic E-state index is 4.24. The van der Waals surface area contributed by atoms with Crippen molar-refractivity contribution in [3.05, 3.63) is 40.3 Å². The molecule has 0 spiro atoms. The number of aryl methyl sites for hydroxylation is 1. The van der Waals surface area contributed by atoms with Crippen LogP contribution < -0.4 is 5.32 Å². The van der Waals surface area contributed by atoms with Crippen LogP contribution in [-0.2, 0) is 6.54 Å². The Morgan fingerprint density at radius 2 is 2.19 bits per heavy atom. The Hall–Kier alpha value is -1.00. The molecule has 0 unspecified atom stereocenters. The molecule has 16 heavy (non-hydrogen) atoms. The average Bonchev–Trinajstić information content (AvgIpc) is 2.73. The summed E-state index contributed by atoms with van der Waals surface area (Å²) in [6.45, 7) is 2.88. The van der Waals surface area contributed by atoms with Gasteiger partial charge in [-0.2, -0.15) is 0 Å². The number of hydrogen-bond acceptors (Lipinski definition) is 4. The first kappa shape index (κ1) is 11.5. The number of rotatable bonds is 4. The molecule has 0 aliphatic rings. The highest BCUT2D eigenvalue weighted by atomic mass is 32.2. The van der Waals surface area contributed by atoms with E-state index in [1.54, 1.807) is 23.1 Å². The molecule has 0 bridgehead atoms. The third-order valence-electron chi connectivity index (χ3n) is 2.23. The third-order valence-corrected chi connectivity index (χ3v) is 3.94. The minimum Gasteiger partial charge on any atom is -0.379 e. The van der Waals surface area contributed by atoms with Crippen LogP contribution in [0.15, 0.2) is 35.4 Å². The minimum absolute atomic E-state index is 0.850. The standard InChI is InChI=1S/C12H14N2S2/c1-9-13-7-10(16-9)8-14-11-5-3-4-6-12(11)15-2/h3-7,14H,8H2,1-2H3. The lowest BCUT2D eigenvalue weighted by molar-refractivity contribution is 1.15. The third kappa shape index (κ3) is 2.77. The fourth-order valence-corrected chi connectivity index (χ4v) is 2.77. The molecule has 84 valence electrons. The summed E-state index contributed by atoms with van der Waals surface area (Å²) in [7, 11) is 0. The highest BCUT2D eigenvalue weighted by molar-refractivity contribution is 7.98. The van der Waals surface area contributed by atoms with Crippen molar-refractivity contribution in [2.45, 2.75) is 18.4 Å². The lowest BCUT2D eigenvalue weighted by Crippen LogP contribution is -1.98. The van der Waals surface area contributed by atoms with Crippen molar-refractivity contribution in [1.82, 2.24) is 4.98 Å². The molecule has 0 aliphatic heterocycles. The number of para-hydroxylation sites is 1. The summed E-state index contributed by atoms with van der Waals surface area (Å²) in [5.41, 5.74) is 1.20. The molecule has 1 N–H and O–H groups in total. The fourth-order valence-electron chi connectivity index (χ4n) is 1.46. The van der Waals surface area contributed by atoms with E-state index in [0.717, 1.165) is 11.6 Å². The predicted molar refractivity (Wildman–Crippen MR) is 72.4 cm³/mol. The number of nitrogens with one attached hydrogen (secondary N) is 1. The van der Waals surface area contributed by atoms with Crippen LogP contribution in [0.1, 0.15) is 9.88 Å². The second kappa shape index (κ2) is 5.37. The van der Waals surface area contributed by atoms with Gasteiger partial charge in [-0.3, -0.25) is 0 Å². The van der Waals surface area contributed by atoms with Crippen molar-refractivity contribution >= 4 is 28.8 Å². The van der Waals surface area contributed by atoms with Crippen molar-refractivity contribution in [3.8, 4) is 0 Å². The molecular formula is C12H14N2S2. The van der Waals surface area contributed by atoms with Crippen molar-refractivity contribution in [2.24, 2.45) is 0 Å². The number of aromatic nitrogens is 1. The molecule has 1 aromatic heterocycles. The number of thiazole rings is 1. The van der Waals surface area contributed by atoms with Gasteiger partial charge in [0.25, 0.3) is 0 Å². The fraction of sp³-hybridized carbons (Fsp3) is 0.250. The Morgan fingerprint density at radius 1 is 1.38 bits per heavy atom. The lowest BCUT2D eigenvalue weighted by atomic mass is 10.3. The highest BCUT2D eigenvalue weighted by Crippen LogP contribution is 2.25. The van der Waals surface area contributed by atoms with Crippen LogP contribution >= 0.6 is 23.1 Å². The van der Waals surface area contributed by atoms with E-state index in [1.807, 2.05) is 13.1 Å². The number of thioether (sulfide) groups is 1. The zero-order chi connectivity index (χ0) is 11.4. The molecule has 0 saturated heterocycles. The van der Waals surface area contributed by atoms with E-state index < -0.39 is 0 Å². The summed E-state index contributed by atoms with van der Waals surface area (Å²) in [4.78, 5) is 6.80. The van der Waals surface area contributed by atoms with Crippen molar-refractivity contribution in [3.63, 3.8) is 0 Å². The van der Waals surface area contributed by atoms with Crippen LogP contribution in [0.2, 0.25) is 0 Å². The summed E-state index contributed by atoms with van der Waals surface area (Å²) >= 11 is 3.50. The molecule has 0 radical (unpaired) electrons. The van der Waals surface area contributed by atoms with E-state index in [1.165, 1.54) is 15.5 Å². The van der Waals surface area contributed by atoms with Crippen molar-refractivity contribution in [1.29, 1.82) is 0 Å². The molecule has 0 amide bonds. The van der Waals surface area contributed by atoms with Gasteiger partial charge < -0.3 is 5.32 Å². The van der Waals surface area contributed by atoms with Crippen LogP contribution in [0.5, 0.6) is 0 Å². The van der Waals surface area contributed by atoms with Crippen LogP contribution in [-0.4, -0.2) is 11.2 Å². The second-order valence-electron chi connectivity index (χ2n) is 3.40. The zero-order valence-corrected chi connectivity index (χ0v) is 11.0. The SMILES string of the molecule is CSc1ccccc1NCc1cnc(C)s1. The van der Waals surface area contributed by atoms with Gasteiger partial charge in [-0.25, -0.2) is 4.98 Å². The first-order valence-corrected chi connectivity index (χ1v) is 7.12. The predicted octanol–water partition coefficient (Wildman–Crippen LogP) is 3.79. The van der Waals surface area contributed by atoms with E-state index in [-0.39, 0.29) is 0 Å². The van der Waals surface area contributed by atoms with Gasteiger partial charge in [0.15, 0.2) is 0 Å². The molecular weight excluding hydrogens is 236 g/mol. The molecule has 2 aromatic rings. The maximum absolute atomic E-state index is 4.24. The van der Waals surface area contributed by atoms with Crippen LogP contribution in [0.4, 0.5) is 5.69 Å². The number of anilines is 1. The first-order valence-electron chi connectivity index (χ1n) is 5.08. The summed E-state index contributed by atoms with van der Waals surface area (Å²) in [6.07, 6.45) is 4.03. The number of nitrogens with zero attached hydrogens (tertiary/aromatic N) is 1. The number of hydrogen-bond donors (Lipinski definition) is 1. The molecule has 2 nitrogen and oxygen atoms in total. The normalized spacial score (nSPS) is 10.4. The Bertz CT molecular complexity index is 466. The monoisotopic (exact) mass is 250 g/mol. The molecule has 2 rings (SSSR count). The van der Waals surface area contributed by atoms with E-state index in [4.69, 9.17) is 0 Å². The minimum atomic E-state index is 0.850. The van der Waals surface area contributed by atoms with E-state index in [2.05, 4.69) is 40.8 Å². The largest absolute Gasteiger partial charge is 0.379 e. The Balaban J connectivity index is 2.04. The summed E-state index contributed by atoms with van der Waals surface area (Å²) in [6, 6.07) is 8.36. The summed E-state index contributed by atoms with van der Waals surface area (Å²) in [5.74, 6) is 0. The van der Waals surface area contributed by atoms with Gasteiger partial charge in [-0.05, 0) is 25.3 Å². The van der Waals surface area contributed by atoms with E-state index in [0.29, 0.717) is 0 Å². The van der Waals surface area contributed by atoms with Gasteiger partial charge >= 0.3 is 0 Å². The topological polar surface area (TPSA) is 24.9 Å². The van der Waals surface area contributed by atoms with Gasteiger partial charge in [-0.15, -0.1) is 23.1 Å². The Kier molecular flexibility index (Phi) is 3.85.